The molecule has 2 aromatic carbocycles. The second kappa shape index (κ2) is 9.80. The molecule has 1 amide bonds. The zero-order chi connectivity index (χ0) is 21.6. The van der Waals surface area contributed by atoms with E-state index in [1.54, 1.807) is 0 Å². The van der Waals surface area contributed by atoms with E-state index < -0.39 is 0 Å². The fraction of sp³-hybridized carbons (Fsp3) is 0.269. The number of rotatable bonds is 6. The molecule has 156 valence electrons. The fourth-order valence-electron chi connectivity index (χ4n) is 3.91. The lowest BCUT2D eigenvalue weighted by Crippen LogP contribution is -2.28. The second-order valence-corrected chi connectivity index (χ2v) is 8.61. The zero-order valence-electron chi connectivity index (χ0n) is 17.7. The van der Waals surface area contributed by atoms with Crippen LogP contribution in [0.5, 0.6) is 0 Å². The van der Waals surface area contributed by atoms with E-state index in [2.05, 4.69) is 30.1 Å². The van der Waals surface area contributed by atoms with Crippen LogP contribution < -0.4 is 4.90 Å². The molecular weight excluding hydrogens is 402 g/mol. The first kappa shape index (κ1) is 21.1. The number of anilines is 2. The minimum absolute atomic E-state index is 0.00329. The predicted molar refractivity (Wildman–Crippen MR) is 126 cm³/mol. The van der Waals surface area contributed by atoms with Crippen LogP contribution in [0.3, 0.4) is 0 Å². The minimum atomic E-state index is -0.00329. The summed E-state index contributed by atoms with van der Waals surface area (Å²) in [5.41, 5.74) is 5.74. The molecule has 5 heteroatoms. The molecule has 0 N–H and O–H groups in total. The highest BCUT2D eigenvalue weighted by Gasteiger charge is 2.25. The molecule has 0 fully saturated rings. The Balaban J connectivity index is 1.62. The Kier molecular flexibility index (Phi) is 6.69. The van der Waals surface area contributed by atoms with Gasteiger partial charge in [-0.2, -0.15) is 5.26 Å². The third-order valence-electron chi connectivity index (χ3n) is 5.54. The van der Waals surface area contributed by atoms with Crippen molar-refractivity contribution in [2.24, 2.45) is 0 Å². The van der Waals surface area contributed by atoms with Gasteiger partial charge in [-0.25, -0.2) is 4.98 Å². The highest BCUT2D eigenvalue weighted by Crippen LogP contribution is 2.36. The van der Waals surface area contributed by atoms with Crippen LogP contribution in [0.4, 0.5) is 11.4 Å². The van der Waals surface area contributed by atoms with Crippen molar-refractivity contribution in [1.29, 1.82) is 5.26 Å². The average molecular weight is 428 g/mol. The predicted octanol–water partition coefficient (Wildman–Crippen LogP) is 5.85. The standard InChI is InChI=1S/C26H25N3OS/c1-2-3-10-22-16-15-21(17-27)26(28-22)31-18-25(30)29-23-11-6-4-8-19(23)13-14-20-9-5-7-12-24(20)29/h4-9,11-12,15-16H,2-3,10,13-14,18H2,1H3. The Bertz CT molecular complexity index is 1090. The molecule has 1 aliphatic heterocycles. The molecule has 0 unspecified atom stereocenters. The first-order valence-corrected chi connectivity index (χ1v) is 11.7. The summed E-state index contributed by atoms with van der Waals surface area (Å²) >= 11 is 1.35. The van der Waals surface area contributed by atoms with Gasteiger partial charge in [0.2, 0.25) is 5.91 Å². The van der Waals surface area contributed by atoms with Gasteiger partial charge in [0, 0.05) is 5.69 Å². The summed E-state index contributed by atoms with van der Waals surface area (Å²) in [6, 6.07) is 22.2. The summed E-state index contributed by atoms with van der Waals surface area (Å²) in [5, 5.41) is 10.1. The van der Waals surface area contributed by atoms with Gasteiger partial charge in [-0.15, -0.1) is 0 Å². The lowest BCUT2D eigenvalue weighted by atomic mass is 10.0. The smallest absolute Gasteiger partial charge is 0.241 e. The van der Waals surface area contributed by atoms with E-state index in [-0.39, 0.29) is 11.7 Å². The molecule has 4 rings (SSSR count). The van der Waals surface area contributed by atoms with Crippen LogP contribution in [-0.2, 0) is 24.1 Å². The molecule has 0 saturated heterocycles. The summed E-state index contributed by atoms with van der Waals surface area (Å²) in [5.74, 6) is 0.221. The van der Waals surface area contributed by atoms with E-state index in [9.17, 15) is 10.1 Å². The normalized spacial score (nSPS) is 12.5. The number of hydrogen-bond donors (Lipinski definition) is 0. The van der Waals surface area contributed by atoms with Crippen LogP contribution in [0.1, 0.15) is 42.1 Å². The third-order valence-corrected chi connectivity index (χ3v) is 6.51. The van der Waals surface area contributed by atoms with Crippen LogP contribution in [0.25, 0.3) is 0 Å². The van der Waals surface area contributed by atoms with Crippen molar-refractivity contribution in [3.63, 3.8) is 0 Å². The van der Waals surface area contributed by atoms with Crippen molar-refractivity contribution in [1.82, 2.24) is 4.98 Å². The average Bonchev–Trinajstić information content (AvgIpc) is 2.98. The summed E-state index contributed by atoms with van der Waals surface area (Å²) in [4.78, 5) is 20.0. The molecule has 3 aromatic rings. The van der Waals surface area contributed by atoms with Gasteiger partial charge >= 0.3 is 0 Å². The highest BCUT2D eigenvalue weighted by molar-refractivity contribution is 8.00. The zero-order valence-corrected chi connectivity index (χ0v) is 18.5. The van der Waals surface area contributed by atoms with E-state index in [1.165, 1.54) is 22.9 Å². The van der Waals surface area contributed by atoms with Crippen molar-refractivity contribution < 1.29 is 4.79 Å². The fourth-order valence-corrected chi connectivity index (χ4v) is 4.75. The number of fused-ring (bicyclic) bond motifs is 2. The van der Waals surface area contributed by atoms with Crippen LogP contribution in [0, 0.1) is 11.3 Å². The van der Waals surface area contributed by atoms with E-state index in [1.807, 2.05) is 53.4 Å². The van der Waals surface area contributed by atoms with Crippen LogP contribution in [-0.4, -0.2) is 16.6 Å². The van der Waals surface area contributed by atoms with Gasteiger partial charge in [0.05, 0.1) is 22.7 Å². The number of nitrogens with zero attached hydrogens (tertiary/aromatic N) is 3. The molecule has 0 radical (unpaired) electrons. The van der Waals surface area contributed by atoms with Gasteiger partial charge in [-0.1, -0.05) is 61.5 Å². The quantitative estimate of drug-likeness (QED) is 0.463. The SMILES string of the molecule is CCCCc1ccc(C#N)c(SCC(=O)N2c3ccccc3CCc3ccccc32)n1. The Hall–Kier alpha value is -3.10. The molecular formula is C26H25N3OS. The summed E-state index contributed by atoms with van der Waals surface area (Å²) in [6.07, 6.45) is 4.85. The molecule has 1 aliphatic rings. The molecule has 0 atom stereocenters. The Labute approximate surface area is 187 Å². The number of nitriles is 1. The number of aromatic nitrogens is 1. The van der Waals surface area contributed by atoms with Crippen LogP contribution in [0.15, 0.2) is 65.7 Å². The number of carbonyl (C=O) groups is 1. The molecule has 2 heterocycles. The number of amides is 1. The number of pyridine rings is 1. The number of thioether (sulfide) groups is 1. The number of hydrogen-bond acceptors (Lipinski definition) is 4. The van der Waals surface area contributed by atoms with E-state index in [0.717, 1.165) is 49.2 Å². The van der Waals surface area contributed by atoms with E-state index in [4.69, 9.17) is 0 Å². The lowest BCUT2D eigenvalue weighted by molar-refractivity contribution is -0.115. The van der Waals surface area contributed by atoms with E-state index in [0.29, 0.717) is 10.6 Å². The van der Waals surface area contributed by atoms with Crippen molar-refractivity contribution in [2.45, 2.75) is 44.1 Å². The number of benzene rings is 2. The molecule has 31 heavy (non-hydrogen) atoms. The minimum Gasteiger partial charge on any atom is -0.280 e. The maximum atomic E-state index is 13.5. The third kappa shape index (κ3) is 4.65. The molecule has 4 nitrogen and oxygen atoms in total. The molecule has 1 aromatic heterocycles. The van der Waals surface area contributed by atoms with Gasteiger partial charge in [0.1, 0.15) is 11.1 Å². The van der Waals surface area contributed by atoms with E-state index >= 15 is 0 Å². The second-order valence-electron chi connectivity index (χ2n) is 7.65. The number of para-hydroxylation sites is 2. The molecule has 0 spiro atoms. The number of unbranched alkanes of at least 4 members (excludes halogenated alkanes) is 1. The first-order chi connectivity index (χ1) is 15.2. The highest BCUT2D eigenvalue weighted by atomic mass is 32.2. The number of carbonyl (C=O) groups excluding carboxylic acids is 1. The molecule has 0 bridgehead atoms. The Morgan fingerprint density at radius 3 is 2.29 bits per heavy atom. The van der Waals surface area contributed by atoms with Crippen LogP contribution in [0.2, 0.25) is 0 Å². The van der Waals surface area contributed by atoms with Crippen molar-refractivity contribution in [3.05, 3.63) is 83.0 Å². The summed E-state index contributed by atoms with van der Waals surface area (Å²) < 4.78 is 0. The van der Waals surface area contributed by atoms with Gasteiger partial charge < -0.3 is 0 Å². The monoisotopic (exact) mass is 427 g/mol. The molecule has 0 aliphatic carbocycles. The summed E-state index contributed by atoms with van der Waals surface area (Å²) in [6.45, 7) is 2.15. The lowest BCUT2D eigenvalue weighted by Gasteiger charge is -2.25. The van der Waals surface area contributed by atoms with Crippen molar-refractivity contribution in [2.75, 3.05) is 10.7 Å². The topological polar surface area (TPSA) is 57.0 Å². The number of aryl methyl sites for hydroxylation is 3. The first-order valence-electron chi connectivity index (χ1n) is 10.7. The van der Waals surface area contributed by atoms with Gasteiger partial charge in [0.25, 0.3) is 0 Å². The molecule has 0 saturated carbocycles. The largest absolute Gasteiger partial charge is 0.280 e. The van der Waals surface area contributed by atoms with Crippen LogP contribution >= 0.6 is 11.8 Å². The Morgan fingerprint density at radius 1 is 1.03 bits per heavy atom. The maximum absolute atomic E-state index is 13.5. The van der Waals surface area contributed by atoms with Gasteiger partial charge in [0.15, 0.2) is 0 Å². The van der Waals surface area contributed by atoms with Gasteiger partial charge in [-0.05, 0) is 61.1 Å². The van der Waals surface area contributed by atoms with Crippen molar-refractivity contribution >= 4 is 29.0 Å². The summed E-state index contributed by atoms with van der Waals surface area (Å²) in [7, 11) is 0. The maximum Gasteiger partial charge on any atom is 0.241 e. The Morgan fingerprint density at radius 2 is 1.68 bits per heavy atom. The van der Waals surface area contributed by atoms with Crippen molar-refractivity contribution in [3.8, 4) is 6.07 Å². The van der Waals surface area contributed by atoms with Gasteiger partial charge in [-0.3, -0.25) is 9.69 Å².